The Bertz CT molecular complexity index is 317. The molecule has 18 heavy (non-hydrogen) atoms. The summed E-state index contributed by atoms with van der Waals surface area (Å²) in [7, 11) is 0. The molecule has 0 aromatic carbocycles. The Kier molecular flexibility index (Phi) is 3.97. The molecule has 0 heterocycles. The summed E-state index contributed by atoms with van der Waals surface area (Å²) >= 11 is 0. The summed E-state index contributed by atoms with van der Waals surface area (Å²) in [6.45, 7) is 7.08. The molecule has 0 aromatic rings. The van der Waals surface area contributed by atoms with E-state index in [0.29, 0.717) is 0 Å². The lowest BCUT2D eigenvalue weighted by Gasteiger charge is -2.51. The Balaban J connectivity index is 1.86. The van der Waals surface area contributed by atoms with E-state index in [9.17, 15) is 4.79 Å². The molecule has 4 atom stereocenters. The maximum absolute atomic E-state index is 12.2. The molecule has 0 bridgehead atoms. The SMILES string of the molecule is CCOC1CC(NC(=O)C2CCCC2N)C1(C)C. The van der Waals surface area contributed by atoms with Gasteiger partial charge in [0.05, 0.1) is 12.0 Å². The lowest BCUT2D eigenvalue weighted by molar-refractivity contribution is -0.139. The summed E-state index contributed by atoms with van der Waals surface area (Å²) in [5, 5.41) is 3.17. The molecule has 4 nitrogen and oxygen atoms in total. The predicted molar refractivity (Wildman–Crippen MR) is 71.1 cm³/mol. The highest BCUT2D eigenvalue weighted by Gasteiger charge is 2.50. The first-order valence-electron chi connectivity index (χ1n) is 7.14. The molecule has 4 unspecified atom stereocenters. The van der Waals surface area contributed by atoms with Crippen molar-refractivity contribution in [3.8, 4) is 0 Å². The number of nitrogens with one attached hydrogen (secondary N) is 1. The van der Waals surface area contributed by atoms with E-state index in [0.717, 1.165) is 32.3 Å². The van der Waals surface area contributed by atoms with Crippen LogP contribution in [0.15, 0.2) is 0 Å². The largest absolute Gasteiger partial charge is 0.378 e. The molecule has 0 spiro atoms. The summed E-state index contributed by atoms with van der Waals surface area (Å²) < 4.78 is 5.68. The zero-order valence-corrected chi connectivity index (χ0v) is 11.7. The highest BCUT2D eigenvalue weighted by atomic mass is 16.5. The van der Waals surface area contributed by atoms with Crippen LogP contribution in [-0.4, -0.2) is 30.7 Å². The fraction of sp³-hybridized carbons (Fsp3) is 0.929. The van der Waals surface area contributed by atoms with Crippen molar-refractivity contribution in [2.45, 2.75) is 64.6 Å². The summed E-state index contributed by atoms with van der Waals surface area (Å²) in [6, 6.07) is 0.283. The van der Waals surface area contributed by atoms with Gasteiger partial charge in [-0.1, -0.05) is 20.3 Å². The molecule has 2 fully saturated rings. The molecule has 104 valence electrons. The molecule has 2 aliphatic carbocycles. The number of nitrogens with two attached hydrogens (primary N) is 1. The van der Waals surface area contributed by atoms with E-state index < -0.39 is 0 Å². The van der Waals surface area contributed by atoms with Gasteiger partial charge in [-0.3, -0.25) is 4.79 Å². The van der Waals surface area contributed by atoms with Crippen LogP contribution in [0.1, 0.15) is 46.5 Å². The second kappa shape index (κ2) is 5.17. The van der Waals surface area contributed by atoms with Crippen molar-refractivity contribution in [1.82, 2.24) is 5.32 Å². The van der Waals surface area contributed by atoms with E-state index in [-0.39, 0.29) is 35.4 Å². The van der Waals surface area contributed by atoms with Crippen molar-refractivity contribution < 1.29 is 9.53 Å². The van der Waals surface area contributed by atoms with Crippen LogP contribution in [0.3, 0.4) is 0 Å². The van der Waals surface area contributed by atoms with Crippen molar-refractivity contribution in [3.05, 3.63) is 0 Å². The van der Waals surface area contributed by atoms with Crippen molar-refractivity contribution >= 4 is 5.91 Å². The number of hydrogen-bond donors (Lipinski definition) is 2. The Hall–Kier alpha value is -0.610. The third-order valence-electron chi connectivity index (χ3n) is 4.77. The maximum atomic E-state index is 12.2. The van der Waals surface area contributed by atoms with E-state index in [1.165, 1.54) is 0 Å². The Morgan fingerprint density at radius 2 is 2.17 bits per heavy atom. The van der Waals surface area contributed by atoms with Crippen LogP contribution in [0.25, 0.3) is 0 Å². The molecule has 2 saturated carbocycles. The third-order valence-corrected chi connectivity index (χ3v) is 4.77. The number of ether oxygens (including phenoxy) is 1. The first-order valence-corrected chi connectivity index (χ1v) is 7.14. The monoisotopic (exact) mass is 254 g/mol. The molecule has 0 saturated heterocycles. The summed E-state index contributed by atoms with van der Waals surface area (Å²) in [5.74, 6) is 0.167. The molecule has 1 amide bonds. The van der Waals surface area contributed by atoms with E-state index >= 15 is 0 Å². The summed E-state index contributed by atoms with van der Waals surface area (Å²) in [4.78, 5) is 12.2. The number of rotatable bonds is 4. The smallest absolute Gasteiger partial charge is 0.224 e. The molecule has 3 N–H and O–H groups in total. The van der Waals surface area contributed by atoms with Crippen molar-refractivity contribution in [1.29, 1.82) is 0 Å². The first-order chi connectivity index (χ1) is 8.46. The van der Waals surface area contributed by atoms with Gasteiger partial charge in [0.1, 0.15) is 0 Å². The van der Waals surface area contributed by atoms with E-state index in [1.54, 1.807) is 0 Å². The van der Waals surface area contributed by atoms with Gasteiger partial charge in [0.2, 0.25) is 5.91 Å². The van der Waals surface area contributed by atoms with E-state index in [2.05, 4.69) is 19.2 Å². The van der Waals surface area contributed by atoms with Crippen molar-refractivity contribution in [2.24, 2.45) is 17.1 Å². The van der Waals surface area contributed by atoms with Gasteiger partial charge in [-0.05, 0) is 26.2 Å². The molecular formula is C14H26N2O2. The van der Waals surface area contributed by atoms with Gasteiger partial charge in [0.15, 0.2) is 0 Å². The van der Waals surface area contributed by atoms with Crippen LogP contribution in [0.4, 0.5) is 0 Å². The third kappa shape index (κ3) is 2.41. The number of hydrogen-bond acceptors (Lipinski definition) is 3. The Morgan fingerprint density at radius 1 is 1.44 bits per heavy atom. The van der Waals surface area contributed by atoms with Gasteiger partial charge in [0, 0.05) is 24.1 Å². The lowest BCUT2D eigenvalue weighted by Crippen LogP contribution is -2.63. The second-order valence-corrected chi connectivity index (χ2v) is 6.26. The zero-order valence-electron chi connectivity index (χ0n) is 11.7. The zero-order chi connectivity index (χ0) is 13.3. The van der Waals surface area contributed by atoms with Crippen LogP contribution in [0.2, 0.25) is 0 Å². The molecule has 0 aromatic heterocycles. The lowest BCUT2D eigenvalue weighted by atomic mass is 9.64. The molecule has 0 radical (unpaired) electrons. The van der Waals surface area contributed by atoms with Gasteiger partial charge in [-0.2, -0.15) is 0 Å². The molecular weight excluding hydrogens is 228 g/mol. The number of amides is 1. The van der Waals surface area contributed by atoms with Crippen LogP contribution in [0.5, 0.6) is 0 Å². The second-order valence-electron chi connectivity index (χ2n) is 6.26. The average molecular weight is 254 g/mol. The summed E-state index contributed by atoms with van der Waals surface area (Å²) in [6.07, 6.45) is 4.19. The minimum atomic E-state index is 0.0203. The minimum absolute atomic E-state index is 0.0203. The number of carbonyl (C=O) groups excluding carboxylic acids is 1. The van der Waals surface area contributed by atoms with E-state index in [1.807, 2.05) is 6.92 Å². The minimum Gasteiger partial charge on any atom is -0.378 e. The van der Waals surface area contributed by atoms with Crippen LogP contribution >= 0.6 is 0 Å². The quantitative estimate of drug-likeness (QED) is 0.798. The molecule has 2 aliphatic rings. The summed E-state index contributed by atoms with van der Waals surface area (Å²) in [5.41, 5.74) is 6.01. The van der Waals surface area contributed by atoms with Gasteiger partial charge < -0.3 is 15.8 Å². The fourth-order valence-corrected chi connectivity index (χ4v) is 3.21. The predicted octanol–water partition coefficient (Wildman–Crippen LogP) is 1.43. The number of carbonyl (C=O) groups is 1. The normalized spacial score (nSPS) is 38.2. The van der Waals surface area contributed by atoms with E-state index in [4.69, 9.17) is 10.5 Å². The van der Waals surface area contributed by atoms with Gasteiger partial charge in [0.25, 0.3) is 0 Å². The first kappa shape index (κ1) is 13.8. The highest BCUT2D eigenvalue weighted by Crippen LogP contribution is 2.43. The topological polar surface area (TPSA) is 64.3 Å². The molecule has 0 aliphatic heterocycles. The van der Waals surface area contributed by atoms with Gasteiger partial charge in [-0.15, -0.1) is 0 Å². The van der Waals surface area contributed by atoms with Crippen molar-refractivity contribution in [3.63, 3.8) is 0 Å². The average Bonchev–Trinajstić information content (AvgIpc) is 2.74. The maximum Gasteiger partial charge on any atom is 0.224 e. The van der Waals surface area contributed by atoms with Crippen molar-refractivity contribution in [2.75, 3.05) is 6.61 Å². The van der Waals surface area contributed by atoms with Crippen LogP contribution in [0, 0.1) is 11.3 Å². The Morgan fingerprint density at radius 3 is 2.67 bits per heavy atom. The molecule has 4 heteroatoms. The van der Waals surface area contributed by atoms with Crippen LogP contribution in [-0.2, 0) is 9.53 Å². The standard InChI is InChI=1S/C14H26N2O2/c1-4-18-12-8-11(14(12,2)3)16-13(17)9-6-5-7-10(9)15/h9-12H,4-8,15H2,1-3H3,(H,16,17). The van der Waals surface area contributed by atoms with Gasteiger partial charge >= 0.3 is 0 Å². The highest BCUT2D eigenvalue weighted by molar-refractivity contribution is 5.80. The van der Waals surface area contributed by atoms with Crippen LogP contribution < -0.4 is 11.1 Å². The van der Waals surface area contributed by atoms with Gasteiger partial charge in [-0.25, -0.2) is 0 Å². The molecule has 2 rings (SSSR count). The Labute approximate surface area is 110 Å². The fourth-order valence-electron chi connectivity index (χ4n) is 3.21.